The summed E-state index contributed by atoms with van der Waals surface area (Å²) in [7, 11) is 0. The van der Waals surface area contributed by atoms with Gasteiger partial charge in [0, 0.05) is 47.0 Å². The Kier molecular flexibility index (Phi) is 2.52. The van der Waals surface area contributed by atoms with Gasteiger partial charge in [0.15, 0.2) is 6.10 Å². The number of H-pyrrole nitrogens is 1. The van der Waals surface area contributed by atoms with E-state index >= 15 is 0 Å². The van der Waals surface area contributed by atoms with Gasteiger partial charge in [-0.05, 0) is 18.2 Å². The van der Waals surface area contributed by atoms with Gasteiger partial charge in [-0.1, -0.05) is 23.4 Å². The minimum absolute atomic E-state index is 0.0265. The lowest BCUT2D eigenvalue weighted by molar-refractivity contribution is 0.0868. The quantitative estimate of drug-likeness (QED) is 0.770. The number of fused-ring (bicyclic) bond motifs is 1. The van der Waals surface area contributed by atoms with Gasteiger partial charge in [0.2, 0.25) is 0 Å². The van der Waals surface area contributed by atoms with E-state index in [4.69, 9.17) is 4.84 Å². The molecular formula is C16H13N3O. The first-order valence-electron chi connectivity index (χ1n) is 6.61. The van der Waals surface area contributed by atoms with Crippen LogP contribution in [0.25, 0.3) is 10.9 Å². The summed E-state index contributed by atoms with van der Waals surface area (Å²) >= 11 is 0. The summed E-state index contributed by atoms with van der Waals surface area (Å²) in [6.07, 6.45) is 6.34. The topological polar surface area (TPSA) is 50.3 Å². The van der Waals surface area contributed by atoms with Crippen molar-refractivity contribution in [2.24, 2.45) is 5.16 Å². The highest BCUT2D eigenvalue weighted by atomic mass is 16.6. The van der Waals surface area contributed by atoms with Gasteiger partial charge in [-0.25, -0.2) is 0 Å². The van der Waals surface area contributed by atoms with Gasteiger partial charge >= 0.3 is 0 Å². The Balaban J connectivity index is 1.64. The number of oxime groups is 1. The van der Waals surface area contributed by atoms with Gasteiger partial charge in [-0.2, -0.15) is 0 Å². The molecule has 3 aromatic rings. The van der Waals surface area contributed by atoms with Crippen LogP contribution in [0, 0.1) is 0 Å². The SMILES string of the molecule is c1cncc(C2=NOC(c3c[nH]c4ccccc34)C2)c1. The number of aromatic amines is 1. The first-order valence-corrected chi connectivity index (χ1v) is 6.61. The lowest BCUT2D eigenvalue weighted by Crippen LogP contribution is -2.01. The molecule has 1 aromatic carbocycles. The van der Waals surface area contributed by atoms with Crippen molar-refractivity contribution in [3.63, 3.8) is 0 Å². The maximum atomic E-state index is 5.61. The zero-order chi connectivity index (χ0) is 13.4. The fourth-order valence-corrected chi connectivity index (χ4v) is 2.61. The minimum atomic E-state index is -0.0265. The standard InChI is InChI=1S/C16H13N3O/c1-2-6-14-12(5-1)13(10-18-14)16-8-15(19-20-16)11-4-3-7-17-9-11/h1-7,9-10,16,18H,8H2. The molecule has 4 rings (SSSR count). The number of aromatic nitrogens is 2. The zero-order valence-corrected chi connectivity index (χ0v) is 10.8. The summed E-state index contributed by atoms with van der Waals surface area (Å²) in [5.41, 5.74) is 4.26. The number of hydrogen-bond acceptors (Lipinski definition) is 3. The molecule has 0 bridgehead atoms. The predicted octanol–water partition coefficient (Wildman–Crippen LogP) is 3.43. The number of benzene rings is 1. The lowest BCUT2D eigenvalue weighted by Gasteiger charge is -2.06. The van der Waals surface area contributed by atoms with Crippen molar-refractivity contribution in [2.45, 2.75) is 12.5 Å². The normalized spacial score (nSPS) is 18.0. The number of hydrogen-bond donors (Lipinski definition) is 1. The number of pyridine rings is 1. The number of rotatable bonds is 2. The van der Waals surface area contributed by atoms with E-state index in [1.807, 2.05) is 36.7 Å². The van der Waals surface area contributed by atoms with E-state index in [0.717, 1.165) is 28.8 Å². The summed E-state index contributed by atoms with van der Waals surface area (Å²) in [6.45, 7) is 0. The molecule has 1 N–H and O–H groups in total. The fourth-order valence-electron chi connectivity index (χ4n) is 2.61. The molecule has 0 saturated carbocycles. The largest absolute Gasteiger partial charge is 0.387 e. The molecule has 98 valence electrons. The van der Waals surface area contributed by atoms with Crippen LogP contribution in [0.2, 0.25) is 0 Å². The van der Waals surface area contributed by atoms with E-state index in [1.54, 1.807) is 6.20 Å². The Morgan fingerprint density at radius 3 is 3.00 bits per heavy atom. The van der Waals surface area contributed by atoms with Crippen molar-refractivity contribution < 1.29 is 4.84 Å². The van der Waals surface area contributed by atoms with Crippen molar-refractivity contribution in [2.75, 3.05) is 0 Å². The Morgan fingerprint density at radius 1 is 1.15 bits per heavy atom. The smallest absolute Gasteiger partial charge is 0.160 e. The van der Waals surface area contributed by atoms with Crippen LogP contribution in [0.4, 0.5) is 0 Å². The van der Waals surface area contributed by atoms with Gasteiger partial charge < -0.3 is 9.82 Å². The van der Waals surface area contributed by atoms with Crippen LogP contribution in [-0.2, 0) is 4.84 Å². The molecule has 4 heteroatoms. The summed E-state index contributed by atoms with van der Waals surface area (Å²) in [5.74, 6) is 0. The Morgan fingerprint density at radius 2 is 2.10 bits per heavy atom. The molecule has 4 nitrogen and oxygen atoms in total. The molecule has 0 amide bonds. The van der Waals surface area contributed by atoms with Crippen molar-refractivity contribution in [1.82, 2.24) is 9.97 Å². The summed E-state index contributed by atoms with van der Waals surface area (Å²) < 4.78 is 0. The second kappa shape index (κ2) is 4.49. The maximum absolute atomic E-state index is 5.61. The first kappa shape index (κ1) is 11.2. The van der Waals surface area contributed by atoms with E-state index in [9.17, 15) is 0 Å². The fraction of sp³-hybridized carbons (Fsp3) is 0.125. The number of nitrogens with zero attached hydrogens (tertiary/aromatic N) is 2. The Bertz CT molecular complexity index is 777. The van der Waals surface area contributed by atoms with Crippen LogP contribution >= 0.6 is 0 Å². The monoisotopic (exact) mass is 263 g/mol. The van der Waals surface area contributed by atoms with Crippen molar-refractivity contribution in [3.8, 4) is 0 Å². The highest BCUT2D eigenvalue weighted by molar-refractivity contribution is 6.01. The highest BCUT2D eigenvalue weighted by Gasteiger charge is 2.26. The van der Waals surface area contributed by atoms with E-state index < -0.39 is 0 Å². The molecule has 20 heavy (non-hydrogen) atoms. The molecule has 1 aliphatic heterocycles. The molecule has 0 saturated heterocycles. The zero-order valence-electron chi connectivity index (χ0n) is 10.8. The van der Waals surface area contributed by atoms with Gasteiger partial charge in [0.1, 0.15) is 0 Å². The highest BCUT2D eigenvalue weighted by Crippen LogP contribution is 2.33. The molecule has 1 atom stereocenters. The van der Waals surface area contributed by atoms with Crippen molar-refractivity contribution >= 4 is 16.6 Å². The maximum Gasteiger partial charge on any atom is 0.160 e. The van der Waals surface area contributed by atoms with Crippen LogP contribution in [0.5, 0.6) is 0 Å². The number of nitrogens with one attached hydrogen (secondary N) is 1. The third-order valence-corrected chi connectivity index (χ3v) is 3.63. The third-order valence-electron chi connectivity index (χ3n) is 3.63. The lowest BCUT2D eigenvalue weighted by atomic mass is 10.0. The van der Waals surface area contributed by atoms with Gasteiger partial charge in [-0.15, -0.1) is 0 Å². The average molecular weight is 263 g/mol. The molecule has 1 aliphatic rings. The molecule has 2 aromatic heterocycles. The summed E-state index contributed by atoms with van der Waals surface area (Å²) in [5, 5.41) is 5.41. The van der Waals surface area contributed by atoms with Crippen molar-refractivity contribution in [1.29, 1.82) is 0 Å². The number of para-hydroxylation sites is 1. The minimum Gasteiger partial charge on any atom is -0.387 e. The molecule has 0 fully saturated rings. The first-order chi connectivity index (χ1) is 9.92. The van der Waals surface area contributed by atoms with Gasteiger partial charge in [0.05, 0.1) is 5.71 Å². The molecule has 0 radical (unpaired) electrons. The second-order valence-corrected chi connectivity index (χ2v) is 4.87. The Hall–Kier alpha value is -2.62. The molecule has 1 unspecified atom stereocenters. The third kappa shape index (κ3) is 1.77. The second-order valence-electron chi connectivity index (χ2n) is 4.87. The predicted molar refractivity (Wildman–Crippen MR) is 77.5 cm³/mol. The van der Waals surface area contributed by atoms with E-state index in [1.165, 1.54) is 5.39 Å². The van der Waals surface area contributed by atoms with Crippen LogP contribution in [0.1, 0.15) is 23.7 Å². The average Bonchev–Trinajstić information content (AvgIpc) is 3.14. The van der Waals surface area contributed by atoms with Gasteiger partial charge in [0.25, 0.3) is 0 Å². The van der Waals surface area contributed by atoms with Crippen LogP contribution in [0.3, 0.4) is 0 Å². The van der Waals surface area contributed by atoms with Crippen LogP contribution < -0.4 is 0 Å². The molecule has 3 heterocycles. The van der Waals surface area contributed by atoms with Gasteiger partial charge in [-0.3, -0.25) is 4.98 Å². The molecule has 0 aliphatic carbocycles. The van der Waals surface area contributed by atoms with Crippen LogP contribution in [-0.4, -0.2) is 15.7 Å². The molecule has 0 spiro atoms. The summed E-state index contributed by atoms with van der Waals surface area (Å²) in [4.78, 5) is 13.0. The van der Waals surface area contributed by atoms with Crippen molar-refractivity contribution in [3.05, 3.63) is 66.1 Å². The molecular weight excluding hydrogens is 250 g/mol. The van der Waals surface area contributed by atoms with E-state index in [2.05, 4.69) is 27.3 Å². The summed E-state index contributed by atoms with van der Waals surface area (Å²) in [6, 6.07) is 12.2. The van der Waals surface area contributed by atoms with E-state index in [0.29, 0.717) is 0 Å². The Labute approximate surface area is 116 Å². The van der Waals surface area contributed by atoms with Crippen LogP contribution in [0.15, 0.2) is 60.1 Å². The van der Waals surface area contributed by atoms with E-state index in [-0.39, 0.29) is 6.10 Å².